The van der Waals surface area contributed by atoms with Crippen molar-refractivity contribution in [2.75, 3.05) is 0 Å². The van der Waals surface area contributed by atoms with Gasteiger partial charge in [0.05, 0.1) is 6.20 Å². The number of aryl methyl sites for hydroxylation is 1. The van der Waals surface area contributed by atoms with Gasteiger partial charge in [0.2, 0.25) is 0 Å². The molecule has 1 heterocycles. The monoisotopic (exact) mass is 190 g/mol. The first-order valence-electron chi connectivity index (χ1n) is 5.39. The van der Waals surface area contributed by atoms with Crippen LogP contribution < -0.4 is 0 Å². The molecule has 0 spiro atoms. The molecule has 0 saturated heterocycles. The van der Waals surface area contributed by atoms with Crippen molar-refractivity contribution in [2.45, 2.75) is 38.6 Å². The molecule has 0 aromatic carbocycles. The Morgan fingerprint density at radius 1 is 1.57 bits per heavy atom. The molecule has 2 aliphatic rings. The Balaban J connectivity index is 2.12. The standard InChI is InChI=1S/C11H14N2O/c1-2-13-10-5-7-3-4-8(11(7)14)9(10)6-12-13/h6-8H,2-5H2,1H3/t7-,8-/m1/s1. The van der Waals surface area contributed by atoms with Gasteiger partial charge in [0, 0.05) is 29.6 Å². The Kier molecular flexibility index (Phi) is 1.58. The number of hydrogen-bond acceptors (Lipinski definition) is 2. The fourth-order valence-electron chi connectivity index (χ4n) is 2.89. The summed E-state index contributed by atoms with van der Waals surface area (Å²) in [5.74, 6) is 0.951. The van der Waals surface area contributed by atoms with Gasteiger partial charge in [-0.05, 0) is 26.2 Å². The van der Waals surface area contributed by atoms with Crippen molar-refractivity contribution >= 4 is 5.78 Å². The Bertz CT molecular complexity index is 394. The number of Topliss-reactive ketones (excluding diaryl/α,β-unsaturated/α-hetero) is 1. The van der Waals surface area contributed by atoms with E-state index < -0.39 is 0 Å². The van der Waals surface area contributed by atoms with E-state index in [0.717, 1.165) is 25.8 Å². The summed E-state index contributed by atoms with van der Waals surface area (Å²) in [5.41, 5.74) is 2.53. The van der Waals surface area contributed by atoms with Crippen molar-refractivity contribution in [3.05, 3.63) is 17.5 Å². The average Bonchev–Trinajstić information content (AvgIpc) is 2.68. The lowest BCUT2D eigenvalue weighted by atomic mass is 9.86. The average molecular weight is 190 g/mol. The van der Waals surface area contributed by atoms with E-state index in [1.807, 2.05) is 10.9 Å². The van der Waals surface area contributed by atoms with Crippen LogP contribution in [0.5, 0.6) is 0 Å². The molecule has 3 rings (SSSR count). The van der Waals surface area contributed by atoms with E-state index in [0.29, 0.717) is 11.7 Å². The van der Waals surface area contributed by atoms with E-state index in [2.05, 4.69) is 12.0 Å². The van der Waals surface area contributed by atoms with E-state index in [4.69, 9.17) is 0 Å². The third kappa shape index (κ3) is 0.873. The maximum atomic E-state index is 11.8. The predicted octanol–water partition coefficient (Wildman–Crippen LogP) is 1.52. The van der Waals surface area contributed by atoms with Crippen LogP contribution in [0.25, 0.3) is 0 Å². The quantitative estimate of drug-likeness (QED) is 0.673. The summed E-state index contributed by atoms with van der Waals surface area (Å²) in [7, 11) is 0. The molecule has 1 aromatic heterocycles. The lowest BCUT2D eigenvalue weighted by molar-refractivity contribution is -0.122. The molecular weight excluding hydrogens is 176 g/mol. The minimum Gasteiger partial charge on any atom is -0.299 e. The van der Waals surface area contributed by atoms with Gasteiger partial charge in [-0.3, -0.25) is 9.48 Å². The van der Waals surface area contributed by atoms with E-state index in [-0.39, 0.29) is 5.92 Å². The summed E-state index contributed by atoms with van der Waals surface area (Å²) in [5, 5.41) is 4.33. The Hall–Kier alpha value is -1.12. The molecule has 2 atom stereocenters. The van der Waals surface area contributed by atoms with Gasteiger partial charge < -0.3 is 0 Å². The van der Waals surface area contributed by atoms with Crippen LogP contribution in [0.3, 0.4) is 0 Å². The number of rotatable bonds is 1. The molecule has 1 aromatic rings. The van der Waals surface area contributed by atoms with E-state index >= 15 is 0 Å². The first-order chi connectivity index (χ1) is 6.81. The van der Waals surface area contributed by atoms with Gasteiger partial charge in [-0.2, -0.15) is 5.10 Å². The zero-order valence-electron chi connectivity index (χ0n) is 8.36. The van der Waals surface area contributed by atoms with Crippen molar-refractivity contribution in [3.63, 3.8) is 0 Å². The maximum absolute atomic E-state index is 11.8. The summed E-state index contributed by atoms with van der Waals surface area (Å²) in [6.45, 7) is 3.02. The van der Waals surface area contributed by atoms with Crippen molar-refractivity contribution in [1.29, 1.82) is 0 Å². The highest BCUT2D eigenvalue weighted by molar-refractivity contribution is 5.91. The zero-order valence-corrected chi connectivity index (χ0v) is 8.36. The smallest absolute Gasteiger partial charge is 0.143 e. The number of fused-ring (bicyclic) bond motifs is 4. The van der Waals surface area contributed by atoms with Crippen LogP contribution in [0.1, 0.15) is 36.9 Å². The van der Waals surface area contributed by atoms with Crippen molar-refractivity contribution in [2.24, 2.45) is 5.92 Å². The highest BCUT2D eigenvalue weighted by atomic mass is 16.1. The Morgan fingerprint density at radius 2 is 2.43 bits per heavy atom. The number of nitrogens with zero attached hydrogens (tertiary/aromatic N) is 2. The molecule has 1 saturated carbocycles. The first-order valence-corrected chi connectivity index (χ1v) is 5.39. The van der Waals surface area contributed by atoms with Crippen LogP contribution >= 0.6 is 0 Å². The summed E-state index contributed by atoms with van der Waals surface area (Å²) in [6.07, 6.45) is 4.97. The summed E-state index contributed by atoms with van der Waals surface area (Å²) < 4.78 is 2.05. The molecule has 0 radical (unpaired) electrons. The highest BCUT2D eigenvalue weighted by Crippen LogP contribution is 2.43. The van der Waals surface area contributed by atoms with Gasteiger partial charge in [-0.25, -0.2) is 0 Å². The zero-order chi connectivity index (χ0) is 9.71. The van der Waals surface area contributed by atoms with Crippen molar-refractivity contribution in [3.8, 4) is 0 Å². The molecule has 0 amide bonds. The molecule has 3 heteroatoms. The largest absolute Gasteiger partial charge is 0.299 e. The Labute approximate surface area is 83.1 Å². The van der Waals surface area contributed by atoms with Gasteiger partial charge in [-0.1, -0.05) is 0 Å². The van der Waals surface area contributed by atoms with Crippen LogP contribution in [0, 0.1) is 5.92 Å². The molecule has 0 N–H and O–H groups in total. The van der Waals surface area contributed by atoms with Gasteiger partial charge >= 0.3 is 0 Å². The van der Waals surface area contributed by atoms with Gasteiger partial charge in [0.25, 0.3) is 0 Å². The molecule has 0 unspecified atom stereocenters. The summed E-state index contributed by atoms with van der Waals surface area (Å²) >= 11 is 0. The highest BCUT2D eigenvalue weighted by Gasteiger charge is 2.42. The van der Waals surface area contributed by atoms with Gasteiger partial charge in [0.15, 0.2) is 0 Å². The number of carbonyl (C=O) groups excluding carboxylic acids is 1. The first kappa shape index (κ1) is 8.21. The number of carbonyl (C=O) groups is 1. The van der Waals surface area contributed by atoms with Crippen LogP contribution in [0.15, 0.2) is 6.20 Å². The van der Waals surface area contributed by atoms with Gasteiger partial charge in [-0.15, -0.1) is 0 Å². The number of ketones is 1. The Morgan fingerprint density at radius 3 is 3.21 bits per heavy atom. The van der Waals surface area contributed by atoms with Crippen molar-refractivity contribution in [1.82, 2.24) is 9.78 Å². The minimum absolute atomic E-state index is 0.184. The third-order valence-corrected chi connectivity index (χ3v) is 3.65. The van der Waals surface area contributed by atoms with E-state index in [1.165, 1.54) is 11.3 Å². The van der Waals surface area contributed by atoms with Gasteiger partial charge in [0.1, 0.15) is 5.78 Å². The molecule has 14 heavy (non-hydrogen) atoms. The third-order valence-electron chi connectivity index (χ3n) is 3.65. The molecule has 2 aliphatic carbocycles. The van der Waals surface area contributed by atoms with E-state index in [9.17, 15) is 4.79 Å². The molecular formula is C11H14N2O. The maximum Gasteiger partial charge on any atom is 0.143 e. The second-order valence-corrected chi connectivity index (χ2v) is 4.30. The van der Waals surface area contributed by atoms with Crippen LogP contribution in [0.2, 0.25) is 0 Å². The molecule has 2 bridgehead atoms. The summed E-state index contributed by atoms with van der Waals surface area (Å²) in [6, 6.07) is 0. The normalized spacial score (nSPS) is 29.4. The second-order valence-electron chi connectivity index (χ2n) is 4.30. The predicted molar refractivity (Wildman–Crippen MR) is 52.1 cm³/mol. The summed E-state index contributed by atoms with van der Waals surface area (Å²) in [4.78, 5) is 11.8. The topological polar surface area (TPSA) is 34.9 Å². The molecule has 1 fully saturated rings. The lowest BCUT2D eigenvalue weighted by Crippen LogP contribution is -2.23. The molecule has 74 valence electrons. The minimum atomic E-state index is 0.184. The number of aromatic nitrogens is 2. The molecule has 3 nitrogen and oxygen atoms in total. The second kappa shape index (κ2) is 2.69. The fraction of sp³-hybridized carbons (Fsp3) is 0.636. The SMILES string of the molecule is CCn1ncc2c1C[C@H]1CC[C@H]2C1=O. The fourth-order valence-corrected chi connectivity index (χ4v) is 2.89. The van der Waals surface area contributed by atoms with Crippen LogP contribution in [0.4, 0.5) is 0 Å². The lowest BCUT2D eigenvalue weighted by Gasteiger charge is -2.19. The van der Waals surface area contributed by atoms with Crippen LogP contribution in [-0.2, 0) is 17.8 Å². The van der Waals surface area contributed by atoms with Crippen LogP contribution in [-0.4, -0.2) is 15.6 Å². The number of hydrogen-bond donors (Lipinski definition) is 0. The van der Waals surface area contributed by atoms with E-state index in [1.54, 1.807) is 0 Å². The molecule has 0 aliphatic heterocycles. The van der Waals surface area contributed by atoms with Crippen molar-refractivity contribution < 1.29 is 4.79 Å².